The maximum absolute atomic E-state index is 13.3. The Kier molecular flexibility index (Phi) is 4.72. The second-order valence-electron chi connectivity index (χ2n) is 6.06. The predicted molar refractivity (Wildman–Crippen MR) is 106 cm³/mol. The molecule has 27 heavy (non-hydrogen) atoms. The van der Waals surface area contributed by atoms with E-state index in [1.807, 2.05) is 37.3 Å². The predicted octanol–water partition coefficient (Wildman–Crippen LogP) is 4.20. The molecule has 2 heterocycles. The van der Waals surface area contributed by atoms with Crippen LogP contribution in [0.15, 0.2) is 70.6 Å². The van der Waals surface area contributed by atoms with E-state index in [0.717, 1.165) is 10.4 Å². The maximum Gasteiger partial charge on any atom is 0.267 e. The summed E-state index contributed by atoms with van der Waals surface area (Å²) in [6.45, 7) is 1.90. The highest BCUT2D eigenvalue weighted by molar-refractivity contribution is 7.84. The number of benzene rings is 2. The average Bonchev–Trinajstić information content (AvgIpc) is 3.04. The van der Waals surface area contributed by atoms with Gasteiger partial charge in [0.1, 0.15) is 10.6 Å². The number of hydrogen-bond acceptors (Lipinski definition) is 4. The smallest absolute Gasteiger partial charge is 0.267 e. The third-order valence-corrected chi connectivity index (χ3v) is 6.31. The first kappa shape index (κ1) is 17.8. The minimum absolute atomic E-state index is 0.171. The lowest BCUT2D eigenvalue weighted by atomic mass is 10.2. The van der Waals surface area contributed by atoms with Crippen molar-refractivity contribution in [2.75, 3.05) is 0 Å². The van der Waals surface area contributed by atoms with E-state index < -0.39 is 16.6 Å². The first-order valence-corrected chi connectivity index (χ1v) is 10.4. The summed E-state index contributed by atoms with van der Waals surface area (Å²) in [4.78, 5) is 19.2. The van der Waals surface area contributed by atoms with Gasteiger partial charge in [-0.05, 0) is 42.8 Å². The molecule has 0 saturated carbocycles. The van der Waals surface area contributed by atoms with E-state index in [1.165, 1.54) is 40.2 Å². The molecule has 1 atom stereocenters. The highest BCUT2D eigenvalue weighted by Crippen LogP contribution is 2.24. The number of hydrogen-bond donors (Lipinski definition) is 0. The summed E-state index contributed by atoms with van der Waals surface area (Å²) in [5, 5.41) is 0.645. The van der Waals surface area contributed by atoms with Crippen LogP contribution in [0, 0.1) is 12.7 Å². The van der Waals surface area contributed by atoms with E-state index in [2.05, 4.69) is 4.98 Å². The van der Waals surface area contributed by atoms with Crippen molar-refractivity contribution in [3.05, 3.63) is 87.3 Å². The van der Waals surface area contributed by atoms with Gasteiger partial charge in [-0.1, -0.05) is 30.3 Å². The van der Waals surface area contributed by atoms with Crippen LogP contribution >= 0.6 is 11.3 Å². The van der Waals surface area contributed by atoms with Crippen LogP contribution in [0.5, 0.6) is 0 Å². The first-order valence-electron chi connectivity index (χ1n) is 8.24. The molecule has 2 aromatic carbocycles. The Bertz CT molecular complexity index is 1200. The number of rotatable bonds is 4. The van der Waals surface area contributed by atoms with Crippen molar-refractivity contribution >= 4 is 32.4 Å². The number of halogens is 1. The molecule has 0 radical (unpaired) electrons. The molecule has 0 N–H and O–H groups in total. The fraction of sp³-hybridized carbons (Fsp3) is 0.100. The van der Waals surface area contributed by atoms with E-state index in [0.29, 0.717) is 15.9 Å². The molecule has 136 valence electrons. The third-order valence-electron chi connectivity index (χ3n) is 4.09. The molecule has 0 aliphatic heterocycles. The van der Waals surface area contributed by atoms with Crippen LogP contribution in [0.25, 0.3) is 15.9 Å². The van der Waals surface area contributed by atoms with E-state index >= 15 is 0 Å². The Morgan fingerprint density at radius 3 is 2.52 bits per heavy atom. The number of aryl methyl sites for hydroxylation is 1. The summed E-state index contributed by atoms with van der Waals surface area (Å²) in [7, 11) is -1.54. The number of nitrogens with zero attached hydrogens (tertiary/aromatic N) is 2. The summed E-state index contributed by atoms with van der Waals surface area (Å²) in [5.74, 6) is -0.163. The molecule has 4 aromatic rings. The standard InChI is InChI=1S/C20H15FN2O2S2/c1-13-11-17-18(26-13)22-20(27(25)12-14-5-3-2-4-6-14)23(19(17)24)16-9-7-15(21)8-10-16/h2-11H,12H2,1H3. The monoisotopic (exact) mass is 398 g/mol. The van der Waals surface area contributed by atoms with Gasteiger partial charge in [0.25, 0.3) is 5.56 Å². The molecule has 4 nitrogen and oxygen atoms in total. The molecule has 0 bridgehead atoms. The summed E-state index contributed by atoms with van der Waals surface area (Å²) in [6.07, 6.45) is 0. The van der Waals surface area contributed by atoms with Gasteiger partial charge in [-0.25, -0.2) is 9.37 Å². The fourth-order valence-corrected chi connectivity index (χ4v) is 4.98. The van der Waals surface area contributed by atoms with Crippen molar-refractivity contribution in [1.82, 2.24) is 9.55 Å². The molecule has 0 fully saturated rings. The highest BCUT2D eigenvalue weighted by Gasteiger charge is 2.19. The van der Waals surface area contributed by atoms with Gasteiger partial charge < -0.3 is 0 Å². The Morgan fingerprint density at radius 2 is 1.81 bits per heavy atom. The van der Waals surface area contributed by atoms with Crippen LogP contribution < -0.4 is 5.56 Å². The van der Waals surface area contributed by atoms with Crippen LogP contribution in [-0.2, 0) is 16.6 Å². The summed E-state index contributed by atoms with van der Waals surface area (Å²) in [5.41, 5.74) is 1.03. The van der Waals surface area contributed by atoms with E-state index in [-0.39, 0.29) is 16.5 Å². The molecular weight excluding hydrogens is 383 g/mol. The Hall–Kier alpha value is -2.64. The quantitative estimate of drug-likeness (QED) is 0.484. The van der Waals surface area contributed by atoms with Gasteiger partial charge in [0.05, 0.1) is 27.6 Å². The molecule has 4 rings (SSSR count). The Labute approximate surface area is 161 Å². The zero-order valence-corrected chi connectivity index (χ0v) is 16.0. The molecular formula is C20H15FN2O2S2. The fourth-order valence-electron chi connectivity index (χ4n) is 2.84. The third kappa shape index (κ3) is 3.48. The molecule has 2 aromatic heterocycles. The minimum atomic E-state index is -1.54. The van der Waals surface area contributed by atoms with Gasteiger partial charge in [-0.3, -0.25) is 13.6 Å². The topological polar surface area (TPSA) is 52.0 Å². The molecule has 0 saturated heterocycles. The van der Waals surface area contributed by atoms with E-state index in [9.17, 15) is 13.4 Å². The minimum Gasteiger partial charge on any atom is -0.268 e. The van der Waals surface area contributed by atoms with E-state index in [1.54, 1.807) is 6.07 Å². The van der Waals surface area contributed by atoms with Crippen molar-refractivity contribution < 1.29 is 8.60 Å². The second kappa shape index (κ2) is 7.17. The van der Waals surface area contributed by atoms with Crippen LogP contribution in [0.1, 0.15) is 10.4 Å². The Balaban J connectivity index is 1.92. The van der Waals surface area contributed by atoms with Gasteiger partial charge in [0, 0.05) is 4.88 Å². The Morgan fingerprint density at radius 1 is 1.11 bits per heavy atom. The van der Waals surface area contributed by atoms with Crippen LogP contribution in [0.4, 0.5) is 4.39 Å². The van der Waals surface area contributed by atoms with Gasteiger partial charge in [0.2, 0.25) is 5.16 Å². The van der Waals surface area contributed by atoms with Crippen molar-refractivity contribution in [2.45, 2.75) is 17.8 Å². The summed E-state index contributed by atoms with van der Waals surface area (Å²) < 4.78 is 27.8. The SMILES string of the molecule is Cc1cc2c(=O)n(-c3ccc(F)cc3)c(S(=O)Cc3ccccc3)nc2s1. The number of fused-ring (bicyclic) bond motifs is 1. The van der Waals surface area contributed by atoms with Crippen molar-refractivity contribution in [1.29, 1.82) is 0 Å². The van der Waals surface area contributed by atoms with Crippen LogP contribution in [-0.4, -0.2) is 13.8 Å². The van der Waals surface area contributed by atoms with Crippen molar-refractivity contribution in [3.8, 4) is 5.69 Å². The molecule has 7 heteroatoms. The van der Waals surface area contributed by atoms with Gasteiger partial charge >= 0.3 is 0 Å². The molecule has 0 amide bonds. The molecule has 0 aliphatic rings. The zero-order valence-electron chi connectivity index (χ0n) is 14.4. The first-order chi connectivity index (χ1) is 13.0. The second-order valence-corrected chi connectivity index (χ2v) is 8.64. The van der Waals surface area contributed by atoms with Gasteiger partial charge in [-0.2, -0.15) is 0 Å². The molecule has 0 spiro atoms. The largest absolute Gasteiger partial charge is 0.268 e. The lowest BCUT2D eigenvalue weighted by Crippen LogP contribution is -2.24. The van der Waals surface area contributed by atoms with Gasteiger partial charge in [0.15, 0.2) is 0 Å². The normalized spacial score (nSPS) is 12.4. The maximum atomic E-state index is 13.3. The van der Waals surface area contributed by atoms with Gasteiger partial charge in [-0.15, -0.1) is 11.3 Å². The molecule has 0 aliphatic carbocycles. The van der Waals surface area contributed by atoms with Crippen LogP contribution in [0.3, 0.4) is 0 Å². The molecule has 1 unspecified atom stereocenters. The lowest BCUT2D eigenvalue weighted by molar-refractivity contribution is 0.626. The van der Waals surface area contributed by atoms with Crippen molar-refractivity contribution in [2.24, 2.45) is 0 Å². The van der Waals surface area contributed by atoms with E-state index in [4.69, 9.17) is 0 Å². The number of thiophene rings is 1. The lowest BCUT2D eigenvalue weighted by Gasteiger charge is -2.12. The highest BCUT2D eigenvalue weighted by atomic mass is 32.2. The summed E-state index contributed by atoms with van der Waals surface area (Å²) >= 11 is 1.39. The van der Waals surface area contributed by atoms with Crippen LogP contribution in [0.2, 0.25) is 0 Å². The zero-order chi connectivity index (χ0) is 19.0. The van der Waals surface area contributed by atoms with Crippen molar-refractivity contribution in [3.63, 3.8) is 0 Å². The average molecular weight is 398 g/mol. The summed E-state index contributed by atoms with van der Waals surface area (Å²) in [6, 6.07) is 16.7. The number of aromatic nitrogens is 2.